The Kier molecular flexibility index (Phi) is 7.16. The van der Waals surface area contributed by atoms with Gasteiger partial charge < -0.3 is 15.7 Å². The molecule has 1 unspecified atom stereocenters. The van der Waals surface area contributed by atoms with Gasteiger partial charge in [0.05, 0.1) is 0 Å². The molecule has 2 rings (SSSR count). The number of hydrogen-bond acceptors (Lipinski definition) is 3. The van der Waals surface area contributed by atoms with Crippen LogP contribution in [0.3, 0.4) is 0 Å². The molecular weight excluding hydrogens is 316 g/mol. The minimum absolute atomic E-state index is 0.0656. The van der Waals surface area contributed by atoms with Crippen molar-refractivity contribution in [1.82, 2.24) is 5.32 Å². The number of amides is 2. The molecule has 0 radical (unpaired) electrons. The predicted molar refractivity (Wildman–Crippen MR) is 98.2 cm³/mol. The van der Waals surface area contributed by atoms with Crippen LogP contribution in [-0.2, 0) is 16.0 Å². The Morgan fingerprint density at radius 1 is 1.00 bits per heavy atom. The van der Waals surface area contributed by atoms with Gasteiger partial charge in [0, 0.05) is 18.8 Å². The number of anilines is 1. The van der Waals surface area contributed by atoms with Crippen LogP contribution < -0.4 is 10.6 Å². The number of hydrogen-bond donors (Lipinski definition) is 3. The summed E-state index contributed by atoms with van der Waals surface area (Å²) in [5.74, 6) is -1.23. The van der Waals surface area contributed by atoms with E-state index < -0.39 is 11.8 Å². The van der Waals surface area contributed by atoms with Crippen LogP contribution in [0.1, 0.15) is 24.5 Å². The van der Waals surface area contributed by atoms with Crippen LogP contribution in [0, 0.1) is 5.92 Å². The number of aliphatic hydroxyl groups excluding tert-OH is 1. The molecule has 2 aromatic carbocycles. The molecule has 0 spiro atoms. The first kappa shape index (κ1) is 18.7. The largest absolute Gasteiger partial charge is 0.396 e. The highest BCUT2D eigenvalue weighted by Gasteiger charge is 2.16. The maximum absolute atomic E-state index is 12.1. The normalized spacial score (nSPS) is 11.6. The number of carbonyl (C=O) groups excluding carboxylic acids is 2. The number of nitrogens with one attached hydrogen (secondary N) is 2. The van der Waals surface area contributed by atoms with Gasteiger partial charge in [-0.2, -0.15) is 0 Å². The second-order valence-corrected chi connectivity index (χ2v) is 6.10. The lowest BCUT2D eigenvalue weighted by atomic mass is 10.0. The zero-order valence-corrected chi connectivity index (χ0v) is 14.4. The third-order valence-electron chi connectivity index (χ3n) is 3.94. The molecule has 0 aromatic heterocycles. The quantitative estimate of drug-likeness (QED) is 0.677. The first-order valence-electron chi connectivity index (χ1n) is 8.42. The zero-order valence-electron chi connectivity index (χ0n) is 14.4. The van der Waals surface area contributed by atoms with E-state index in [1.165, 1.54) is 0 Å². The van der Waals surface area contributed by atoms with Crippen LogP contribution >= 0.6 is 0 Å². The maximum Gasteiger partial charge on any atom is 0.313 e. The summed E-state index contributed by atoms with van der Waals surface area (Å²) >= 11 is 0. The average molecular weight is 340 g/mol. The Morgan fingerprint density at radius 2 is 1.68 bits per heavy atom. The summed E-state index contributed by atoms with van der Waals surface area (Å²) in [6.07, 6.45) is 1.26. The highest BCUT2D eigenvalue weighted by Crippen LogP contribution is 2.19. The molecule has 0 aliphatic carbocycles. The van der Waals surface area contributed by atoms with Crippen molar-refractivity contribution in [3.8, 4) is 0 Å². The molecule has 0 aliphatic rings. The molecule has 0 heterocycles. The second kappa shape index (κ2) is 9.59. The van der Waals surface area contributed by atoms with Gasteiger partial charge in [0.25, 0.3) is 0 Å². The fraction of sp³-hybridized carbons (Fsp3) is 0.300. The van der Waals surface area contributed by atoms with E-state index in [-0.39, 0.29) is 12.5 Å². The van der Waals surface area contributed by atoms with Crippen molar-refractivity contribution < 1.29 is 14.7 Å². The summed E-state index contributed by atoms with van der Waals surface area (Å²) in [4.78, 5) is 24.1. The standard InChI is InChI=1S/C20H24N2O3/c1-15(11-12-23)14-21-19(24)20(25)22-18-10-6-5-9-17(18)13-16-7-3-2-4-8-16/h2-10,15,23H,11-14H2,1H3,(H,21,24)(H,22,25). The van der Waals surface area contributed by atoms with E-state index in [1.54, 1.807) is 6.07 Å². The van der Waals surface area contributed by atoms with E-state index in [0.717, 1.165) is 11.1 Å². The SMILES string of the molecule is CC(CCO)CNC(=O)C(=O)Nc1ccccc1Cc1ccccc1. The molecule has 0 fully saturated rings. The zero-order chi connectivity index (χ0) is 18.1. The molecule has 3 N–H and O–H groups in total. The fourth-order valence-electron chi connectivity index (χ4n) is 2.46. The van der Waals surface area contributed by atoms with E-state index in [0.29, 0.717) is 25.1 Å². The molecule has 5 nitrogen and oxygen atoms in total. The Morgan fingerprint density at radius 3 is 2.40 bits per heavy atom. The third-order valence-corrected chi connectivity index (χ3v) is 3.94. The summed E-state index contributed by atoms with van der Waals surface area (Å²) in [7, 11) is 0. The molecule has 2 amide bonds. The fourth-order valence-corrected chi connectivity index (χ4v) is 2.46. The number of rotatable bonds is 7. The van der Waals surface area contributed by atoms with Crippen LogP contribution in [-0.4, -0.2) is 30.1 Å². The van der Waals surface area contributed by atoms with Gasteiger partial charge >= 0.3 is 11.8 Å². The lowest BCUT2D eigenvalue weighted by Gasteiger charge is -2.13. The van der Waals surface area contributed by atoms with Crippen LogP contribution in [0.25, 0.3) is 0 Å². The lowest BCUT2D eigenvalue weighted by Crippen LogP contribution is -2.38. The molecule has 0 aliphatic heterocycles. The highest BCUT2D eigenvalue weighted by atomic mass is 16.3. The third kappa shape index (κ3) is 6.04. The molecule has 5 heteroatoms. The number of benzene rings is 2. The van der Waals surface area contributed by atoms with E-state index in [9.17, 15) is 9.59 Å². The smallest absolute Gasteiger partial charge is 0.313 e. The Balaban J connectivity index is 1.97. The van der Waals surface area contributed by atoms with Gasteiger partial charge in [-0.15, -0.1) is 0 Å². The maximum atomic E-state index is 12.1. The van der Waals surface area contributed by atoms with Crippen LogP contribution in [0.5, 0.6) is 0 Å². The molecule has 2 aromatic rings. The van der Waals surface area contributed by atoms with Gasteiger partial charge in [-0.25, -0.2) is 0 Å². The van der Waals surface area contributed by atoms with Crippen LogP contribution in [0.4, 0.5) is 5.69 Å². The van der Waals surface area contributed by atoms with Crippen molar-refractivity contribution in [2.75, 3.05) is 18.5 Å². The summed E-state index contributed by atoms with van der Waals surface area (Å²) in [6, 6.07) is 17.4. The highest BCUT2D eigenvalue weighted by molar-refractivity contribution is 6.39. The van der Waals surface area contributed by atoms with Crippen molar-refractivity contribution in [3.05, 3.63) is 65.7 Å². The van der Waals surface area contributed by atoms with Crippen LogP contribution in [0.2, 0.25) is 0 Å². The minimum Gasteiger partial charge on any atom is -0.396 e. The van der Waals surface area contributed by atoms with Gasteiger partial charge in [-0.3, -0.25) is 9.59 Å². The van der Waals surface area contributed by atoms with Crippen molar-refractivity contribution in [2.24, 2.45) is 5.92 Å². The Labute approximate surface area is 148 Å². The van der Waals surface area contributed by atoms with Gasteiger partial charge in [0.1, 0.15) is 0 Å². The molecule has 132 valence electrons. The predicted octanol–water partition coefficient (Wildman–Crippen LogP) is 2.35. The van der Waals surface area contributed by atoms with E-state index in [4.69, 9.17) is 5.11 Å². The van der Waals surface area contributed by atoms with E-state index in [2.05, 4.69) is 10.6 Å². The average Bonchev–Trinajstić information content (AvgIpc) is 2.62. The lowest BCUT2D eigenvalue weighted by molar-refractivity contribution is -0.136. The summed E-state index contributed by atoms with van der Waals surface area (Å²) in [5.41, 5.74) is 2.71. The molecule has 1 atom stereocenters. The van der Waals surface area contributed by atoms with E-state index >= 15 is 0 Å². The first-order valence-corrected chi connectivity index (χ1v) is 8.42. The molecule has 0 saturated carbocycles. The Hall–Kier alpha value is -2.66. The van der Waals surface area contributed by atoms with Gasteiger partial charge in [0.15, 0.2) is 0 Å². The molecule has 0 saturated heterocycles. The van der Waals surface area contributed by atoms with Crippen molar-refractivity contribution in [2.45, 2.75) is 19.8 Å². The van der Waals surface area contributed by atoms with Crippen LogP contribution in [0.15, 0.2) is 54.6 Å². The topological polar surface area (TPSA) is 78.4 Å². The molecular formula is C20H24N2O3. The summed E-state index contributed by atoms with van der Waals surface area (Å²) in [6.45, 7) is 2.33. The number of carbonyl (C=O) groups is 2. The summed E-state index contributed by atoms with van der Waals surface area (Å²) in [5, 5.41) is 14.1. The van der Waals surface area contributed by atoms with Crippen molar-refractivity contribution >= 4 is 17.5 Å². The monoisotopic (exact) mass is 340 g/mol. The van der Waals surface area contributed by atoms with Gasteiger partial charge in [-0.05, 0) is 36.0 Å². The van der Waals surface area contributed by atoms with Gasteiger partial charge in [-0.1, -0.05) is 55.5 Å². The minimum atomic E-state index is -0.684. The first-order chi connectivity index (χ1) is 12.1. The van der Waals surface area contributed by atoms with Crippen molar-refractivity contribution in [3.63, 3.8) is 0 Å². The summed E-state index contributed by atoms with van der Waals surface area (Å²) < 4.78 is 0. The second-order valence-electron chi connectivity index (χ2n) is 6.10. The number of para-hydroxylation sites is 1. The van der Waals surface area contributed by atoms with Gasteiger partial charge in [0.2, 0.25) is 0 Å². The molecule has 25 heavy (non-hydrogen) atoms. The number of aliphatic hydroxyl groups is 1. The Bertz CT molecular complexity index is 701. The van der Waals surface area contributed by atoms with E-state index in [1.807, 2.05) is 55.5 Å². The molecule has 0 bridgehead atoms. The van der Waals surface area contributed by atoms with Crippen molar-refractivity contribution in [1.29, 1.82) is 0 Å².